The van der Waals surface area contributed by atoms with Crippen molar-refractivity contribution in [2.24, 2.45) is 17.8 Å². The fraction of sp³-hybridized carbons (Fsp3) is 0.500. The number of hydrogen-bond donors (Lipinski definition) is 1. The Balaban J connectivity index is 1.75. The summed E-state index contributed by atoms with van der Waals surface area (Å²) >= 11 is 0. The van der Waals surface area contributed by atoms with Crippen molar-refractivity contribution in [2.75, 3.05) is 12.4 Å². The number of rotatable bonds is 4. The number of hydrogen-bond acceptors (Lipinski definition) is 4. The highest BCUT2D eigenvalue weighted by atomic mass is 35.7. The first-order valence-electron chi connectivity index (χ1n) is 6.82. The average molecular weight is 330 g/mol. The van der Waals surface area contributed by atoms with Gasteiger partial charge in [-0.1, -0.05) is 0 Å². The number of ether oxygens (including phenoxy) is 1. The zero-order chi connectivity index (χ0) is 15.2. The third-order valence-corrected chi connectivity index (χ3v) is 5.67. The van der Waals surface area contributed by atoms with Crippen LogP contribution in [0.15, 0.2) is 23.1 Å². The van der Waals surface area contributed by atoms with E-state index in [9.17, 15) is 13.2 Å². The van der Waals surface area contributed by atoms with Crippen LogP contribution < -0.4 is 10.1 Å². The van der Waals surface area contributed by atoms with E-state index in [2.05, 4.69) is 5.32 Å². The molecule has 0 saturated heterocycles. The number of carbonyl (C=O) groups excluding carboxylic acids is 1. The van der Waals surface area contributed by atoms with Crippen LogP contribution in [0.25, 0.3) is 0 Å². The molecule has 21 heavy (non-hydrogen) atoms. The third-order valence-electron chi connectivity index (χ3n) is 4.31. The fourth-order valence-corrected chi connectivity index (χ4v) is 4.12. The summed E-state index contributed by atoms with van der Waals surface area (Å²) in [6.07, 6.45) is 3.18. The van der Waals surface area contributed by atoms with Crippen LogP contribution in [-0.4, -0.2) is 21.4 Å². The molecule has 114 valence electrons. The molecule has 0 spiro atoms. The maximum Gasteiger partial charge on any atom is 0.264 e. The number of benzene rings is 1. The van der Waals surface area contributed by atoms with Crippen molar-refractivity contribution in [2.45, 2.75) is 24.2 Å². The molecule has 0 bridgehead atoms. The molecule has 0 aliphatic heterocycles. The van der Waals surface area contributed by atoms with Crippen LogP contribution in [0.1, 0.15) is 19.3 Å². The van der Waals surface area contributed by atoms with Gasteiger partial charge in [0.2, 0.25) is 5.91 Å². The molecule has 0 radical (unpaired) electrons. The second-order valence-corrected chi connectivity index (χ2v) is 8.25. The summed E-state index contributed by atoms with van der Waals surface area (Å²) < 4.78 is 27.8. The zero-order valence-electron chi connectivity index (χ0n) is 11.5. The van der Waals surface area contributed by atoms with Gasteiger partial charge in [-0.15, -0.1) is 0 Å². The lowest BCUT2D eigenvalue weighted by Crippen LogP contribution is -2.21. The number of nitrogens with one attached hydrogen (secondary N) is 1. The minimum Gasteiger partial charge on any atom is -0.495 e. The van der Waals surface area contributed by atoms with Gasteiger partial charge in [-0.3, -0.25) is 4.79 Å². The average Bonchev–Trinajstić information content (AvgIpc) is 3.03. The minimum atomic E-state index is -3.87. The number of carbonyl (C=O) groups is 1. The van der Waals surface area contributed by atoms with E-state index in [1.54, 1.807) is 0 Å². The SMILES string of the molecule is COc1cc(NC(=O)C2CC3CC3C2)ccc1S(=O)(=O)Cl. The molecule has 0 heterocycles. The molecule has 1 aromatic rings. The summed E-state index contributed by atoms with van der Waals surface area (Å²) in [4.78, 5) is 12.1. The number of amides is 1. The van der Waals surface area contributed by atoms with Gasteiger partial charge in [0.25, 0.3) is 9.05 Å². The molecular weight excluding hydrogens is 314 g/mol. The molecule has 0 aromatic heterocycles. The summed E-state index contributed by atoms with van der Waals surface area (Å²) in [5.74, 6) is 1.65. The quantitative estimate of drug-likeness (QED) is 0.862. The topological polar surface area (TPSA) is 72.5 Å². The van der Waals surface area contributed by atoms with E-state index in [4.69, 9.17) is 15.4 Å². The Morgan fingerprint density at radius 1 is 1.29 bits per heavy atom. The molecule has 2 aliphatic carbocycles. The van der Waals surface area contributed by atoms with Crippen LogP contribution in [0.2, 0.25) is 0 Å². The molecule has 2 saturated carbocycles. The van der Waals surface area contributed by atoms with E-state index in [-0.39, 0.29) is 22.5 Å². The summed E-state index contributed by atoms with van der Waals surface area (Å²) in [7, 11) is 2.81. The van der Waals surface area contributed by atoms with Gasteiger partial charge in [0.1, 0.15) is 10.6 Å². The lowest BCUT2D eigenvalue weighted by molar-refractivity contribution is -0.120. The van der Waals surface area contributed by atoms with Gasteiger partial charge in [0.05, 0.1) is 7.11 Å². The van der Waals surface area contributed by atoms with Gasteiger partial charge in [0.15, 0.2) is 0 Å². The van der Waals surface area contributed by atoms with Gasteiger partial charge in [0, 0.05) is 28.4 Å². The monoisotopic (exact) mass is 329 g/mol. The predicted molar refractivity (Wildman–Crippen MR) is 79.0 cm³/mol. The first kappa shape index (κ1) is 14.7. The number of anilines is 1. The van der Waals surface area contributed by atoms with Crippen LogP contribution in [0, 0.1) is 17.8 Å². The lowest BCUT2D eigenvalue weighted by atomic mass is 10.0. The standard InChI is InChI=1S/C14H16ClNO4S/c1-20-12-7-11(2-3-13(12)21(15,18)19)16-14(17)10-5-8-4-9(8)6-10/h2-3,7-10H,4-6H2,1H3,(H,16,17). The maximum atomic E-state index is 12.2. The first-order chi connectivity index (χ1) is 9.88. The van der Waals surface area contributed by atoms with Crippen LogP contribution in [0.3, 0.4) is 0 Å². The van der Waals surface area contributed by atoms with E-state index in [0.29, 0.717) is 5.69 Å². The predicted octanol–water partition coefficient (Wildman–Crippen LogP) is 2.61. The second kappa shape index (κ2) is 5.18. The maximum absolute atomic E-state index is 12.2. The molecule has 7 heteroatoms. The summed E-state index contributed by atoms with van der Waals surface area (Å²) in [5.41, 5.74) is 0.515. The molecule has 1 aromatic carbocycles. The van der Waals surface area contributed by atoms with Crippen molar-refractivity contribution in [3.63, 3.8) is 0 Å². The van der Waals surface area contributed by atoms with Gasteiger partial charge in [-0.25, -0.2) is 8.42 Å². The van der Waals surface area contributed by atoms with Crippen molar-refractivity contribution < 1.29 is 17.9 Å². The van der Waals surface area contributed by atoms with Crippen LogP contribution in [0.5, 0.6) is 5.75 Å². The fourth-order valence-electron chi connectivity index (χ4n) is 3.12. The summed E-state index contributed by atoms with van der Waals surface area (Å²) in [6, 6.07) is 4.33. The van der Waals surface area contributed by atoms with Gasteiger partial charge in [-0.2, -0.15) is 0 Å². The Hall–Kier alpha value is -1.27. The van der Waals surface area contributed by atoms with E-state index in [0.717, 1.165) is 24.7 Å². The Kier molecular flexibility index (Phi) is 3.61. The van der Waals surface area contributed by atoms with Crippen molar-refractivity contribution in [3.8, 4) is 5.75 Å². The van der Waals surface area contributed by atoms with E-state index < -0.39 is 9.05 Å². The normalized spacial score (nSPS) is 27.0. The molecular formula is C14H16ClNO4S. The highest BCUT2D eigenvalue weighted by Gasteiger charge is 2.47. The molecule has 1 N–H and O–H groups in total. The first-order valence-corrected chi connectivity index (χ1v) is 9.13. The largest absolute Gasteiger partial charge is 0.495 e. The van der Waals surface area contributed by atoms with Crippen molar-refractivity contribution in [1.82, 2.24) is 0 Å². The van der Waals surface area contributed by atoms with Crippen LogP contribution in [0.4, 0.5) is 5.69 Å². The highest BCUT2D eigenvalue weighted by molar-refractivity contribution is 8.13. The van der Waals surface area contributed by atoms with Crippen molar-refractivity contribution >= 4 is 31.3 Å². The molecule has 3 rings (SSSR count). The van der Waals surface area contributed by atoms with E-state index >= 15 is 0 Å². The molecule has 2 atom stereocenters. The van der Waals surface area contributed by atoms with Crippen LogP contribution in [-0.2, 0) is 13.8 Å². The Morgan fingerprint density at radius 3 is 2.52 bits per heavy atom. The minimum absolute atomic E-state index is 0.00858. The molecule has 2 aliphatic rings. The highest BCUT2D eigenvalue weighted by Crippen LogP contribution is 2.54. The van der Waals surface area contributed by atoms with E-state index in [1.807, 2.05) is 0 Å². The molecule has 5 nitrogen and oxygen atoms in total. The van der Waals surface area contributed by atoms with Crippen LogP contribution >= 0.6 is 10.7 Å². The molecule has 2 unspecified atom stereocenters. The lowest BCUT2D eigenvalue weighted by Gasteiger charge is -2.14. The summed E-state index contributed by atoms with van der Waals surface area (Å²) in [6.45, 7) is 0. The number of fused-ring (bicyclic) bond motifs is 1. The van der Waals surface area contributed by atoms with Crippen molar-refractivity contribution in [1.29, 1.82) is 0 Å². The van der Waals surface area contributed by atoms with Gasteiger partial charge < -0.3 is 10.1 Å². The Bertz CT molecular complexity index is 678. The van der Waals surface area contributed by atoms with E-state index in [1.165, 1.54) is 31.7 Å². The summed E-state index contributed by atoms with van der Waals surface area (Å²) in [5, 5.41) is 2.82. The molecule has 1 amide bonds. The van der Waals surface area contributed by atoms with Gasteiger partial charge >= 0.3 is 0 Å². The third kappa shape index (κ3) is 3.01. The Labute approximate surface area is 128 Å². The number of halogens is 1. The second-order valence-electron chi connectivity index (χ2n) is 5.72. The Morgan fingerprint density at radius 2 is 1.95 bits per heavy atom. The smallest absolute Gasteiger partial charge is 0.264 e. The number of methoxy groups -OCH3 is 1. The zero-order valence-corrected chi connectivity index (χ0v) is 13.1. The van der Waals surface area contributed by atoms with Gasteiger partial charge in [-0.05, 0) is 43.2 Å². The molecule has 2 fully saturated rings. The van der Waals surface area contributed by atoms with Crippen molar-refractivity contribution in [3.05, 3.63) is 18.2 Å².